The van der Waals surface area contributed by atoms with E-state index in [4.69, 9.17) is 0 Å². The SMILES string of the molecule is CNc1nc(Nc2ccccc2O)nc2ccccc12. The van der Waals surface area contributed by atoms with E-state index < -0.39 is 0 Å². The fourth-order valence-electron chi connectivity index (χ4n) is 2.02. The van der Waals surface area contributed by atoms with Crippen molar-refractivity contribution in [1.82, 2.24) is 9.97 Å². The zero-order valence-electron chi connectivity index (χ0n) is 11.0. The summed E-state index contributed by atoms with van der Waals surface area (Å²) in [6, 6.07) is 14.7. The molecule has 0 fully saturated rings. The van der Waals surface area contributed by atoms with Crippen LogP contribution in [0, 0.1) is 0 Å². The predicted molar refractivity (Wildman–Crippen MR) is 80.5 cm³/mol. The summed E-state index contributed by atoms with van der Waals surface area (Å²) in [4.78, 5) is 8.86. The highest BCUT2D eigenvalue weighted by molar-refractivity contribution is 5.90. The van der Waals surface area contributed by atoms with Crippen molar-refractivity contribution in [2.45, 2.75) is 0 Å². The van der Waals surface area contributed by atoms with E-state index in [1.807, 2.05) is 37.4 Å². The molecule has 3 rings (SSSR count). The molecular weight excluding hydrogens is 252 g/mol. The number of aromatic nitrogens is 2. The first-order chi connectivity index (χ1) is 9.78. The van der Waals surface area contributed by atoms with Crippen molar-refractivity contribution in [1.29, 1.82) is 0 Å². The second-order valence-electron chi connectivity index (χ2n) is 4.31. The Bertz CT molecular complexity index is 758. The monoisotopic (exact) mass is 266 g/mol. The number of para-hydroxylation sites is 3. The second kappa shape index (κ2) is 5.05. The molecule has 0 amide bonds. The third kappa shape index (κ3) is 2.21. The highest BCUT2D eigenvalue weighted by Gasteiger charge is 2.07. The molecule has 0 aliphatic rings. The summed E-state index contributed by atoms with van der Waals surface area (Å²) in [5.74, 6) is 1.35. The maximum Gasteiger partial charge on any atom is 0.229 e. The van der Waals surface area contributed by atoms with Crippen molar-refractivity contribution >= 4 is 28.4 Å². The molecular formula is C15H14N4O. The lowest BCUT2D eigenvalue weighted by Crippen LogP contribution is -2.02. The first-order valence-electron chi connectivity index (χ1n) is 6.27. The van der Waals surface area contributed by atoms with Gasteiger partial charge in [0.1, 0.15) is 11.6 Å². The lowest BCUT2D eigenvalue weighted by molar-refractivity contribution is 0.477. The molecule has 1 heterocycles. The van der Waals surface area contributed by atoms with Gasteiger partial charge in [0.25, 0.3) is 0 Å². The summed E-state index contributed by atoms with van der Waals surface area (Å²) >= 11 is 0. The van der Waals surface area contributed by atoms with Gasteiger partial charge in [-0.1, -0.05) is 24.3 Å². The second-order valence-corrected chi connectivity index (χ2v) is 4.31. The number of anilines is 3. The van der Waals surface area contributed by atoms with Gasteiger partial charge in [0.05, 0.1) is 11.2 Å². The first kappa shape index (κ1) is 12.2. The number of hydrogen-bond acceptors (Lipinski definition) is 5. The molecule has 3 N–H and O–H groups in total. The van der Waals surface area contributed by atoms with E-state index in [1.165, 1.54) is 0 Å². The molecule has 0 aliphatic carbocycles. The van der Waals surface area contributed by atoms with Gasteiger partial charge < -0.3 is 15.7 Å². The van der Waals surface area contributed by atoms with Crippen molar-refractivity contribution in [3.05, 3.63) is 48.5 Å². The predicted octanol–water partition coefficient (Wildman–Crippen LogP) is 3.12. The van der Waals surface area contributed by atoms with Gasteiger partial charge in [-0.3, -0.25) is 0 Å². The Morgan fingerprint density at radius 3 is 2.50 bits per heavy atom. The number of fused-ring (bicyclic) bond motifs is 1. The van der Waals surface area contributed by atoms with Crippen molar-refractivity contribution in [3.8, 4) is 5.75 Å². The molecule has 5 nitrogen and oxygen atoms in total. The number of rotatable bonds is 3. The maximum absolute atomic E-state index is 9.78. The number of benzene rings is 2. The molecule has 0 saturated carbocycles. The van der Waals surface area contributed by atoms with E-state index in [2.05, 4.69) is 20.6 Å². The Balaban J connectivity index is 2.06. The minimum absolute atomic E-state index is 0.162. The smallest absolute Gasteiger partial charge is 0.229 e. The average Bonchev–Trinajstić information content (AvgIpc) is 2.49. The van der Waals surface area contributed by atoms with Crippen LogP contribution in [0.2, 0.25) is 0 Å². The zero-order valence-corrected chi connectivity index (χ0v) is 11.0. The van der Waals surface area contributed by atoms with Crippen LogP contribution in [-0.2, 0) is 0 Å². The third-order valence-corrected chi connectivity index (χ3v) is 2.99. The van der Waals surface area contributed by atoms with E-state index in [-0.39, 0.29) is 5.75 Å². The summed E-state index contributed by atoms with van der Waals surface area (Å²) in [6.07, 6.45) is 0. The molecule has 0 spiro atoms. The molecule has 5 heteroatoms. The van der Waals surface area contributed by atoms with Crippen LogP contribution in [0.1, 0.15) is 0 Å². The normalized spacial score (nSPS) is 10.4. The Hall–Kier alpha value is -2.82. The van der Waals surface area contributed by atoms with Crippen LogP contribution in [-0.4, -0.2) is 22.1 Å². The molecule has 0 unspecified atom stereocenters. The van der Waals surface area contributed by atoms with Gasteiger partial charge in [-0.15, -0.1) is 0 Å². The largest absolute Gasteiger partial charge is 0.506 e. The fourth-order valence-corrected chi connectivity index (χ4v) is 2.02. The number of aromatic hydroxyl groups is 1. The van der Waals surface area contributed by atoms with Gasteiger partial charge in [0.2, 0.25) is 5.95 Å². The summed E-state index contributed by atoms with van der Waals surface area (Å²) in [6.45, 7) is 0. The number of phenols is 1. The van der Waals surface area contributed by atoms with E-state index in [0.717, 1.165) is 16.7 Å². The van der Waals surface area contributed by atoms with Crippen LogP contribution >= 0.6 is 0 Å². The first-order valence-corrected chi connectivity index (χ1v) is 6.27. The minimum Gasteiger partial charge on any atom is -0.506 e. The van der Waals surface area contributed by atoms with Gasteiger partial charge in [-0.05, 0) is 24.3 Å². The standard InChI is InChI=1S/C15H14N4O/c1-16-14-10-6-2-3-7-11(10)17-15(19-14)18-12-8-4-5-9-13(12)20/h2-9,20H,1H3,(H2,16,17,18,19). The summed E-state index contributed by atoms with van der Waals surface area (Å²) in [7, 11) is 1.82. The van der Waals surface area contributed by atoms with Crippen LogP contribution < -0.4 is 10.6 Å². The van der Waals surface area contributed by atoms with Gasteiger partial charge in [0.15, 0.2) is 0 Å². The molecule has 1 aromatic heterocycles. The number of nitrogens with one attached hydrogen (secondary N) is 2. The zero-order chi connectivity index (χ0) is 13.9. The average molecular weight is 266 g/mol. The van der Waals surface area contributed by atoms with Gasteiger partial charge in [0, 0.05) is 12.4 Å². The molecule has 100 valence electrons. The highest BCUT2D eigenvalue weighted by atomic mass is 16.3. The quantitative estimate of drug-likeness (QED) is 0.635. The van der Waals surface area contributed by atoms with Crippen molar-refractivity contribution in [3.63, 3.8) is 0 Å². The highest BCUT2D eigenvalue weighted by Crippen LogP contribution is 2.27. The number of hydrogen-bond donors (Lipinski definition) is 3. The molecule has 20 heavy (non-hydrogen) atoms. The Morgan fingerprint density at radius 1 is 0.950 bits per heavy atom. The van der Waals surface area contributed by atoms with Crippen molar-refractivity contribution < 1.29 is 5.11 Å². The van der Waals surface area contributed by atoms with E-state index >= 15 is 0 Å². The van der Waals surface area contributed by atoms with Gasteiger partial charge in [-0.25, -0.2) is 4.98 Å². The van der Waals surface area contributed by atoms with Gasteiger partial charge >= 0.3 is 0 Å². The topological polar surface area (TPSA) is 70.1 Å². The Kier molecular flexibility index (Phi) is 3.09. The molecule has 0 radical (unpaired) electrons. The number of phenolic OH excluding ortho intramolecular Hbond substituents is 1. The molecule has 0 bridgehead atoms. The van der Waals surface area contributed by atoms with Crippen LogP contribution in [0.4, 0.5) is 17.5 Å². The van der Waals surface area contributed by atoms with E-state index in [9.17, 15) is 5.11 Å². The Labute approximate surface area is 116 Å². The summed E-state index contributed by atoms with van der Waals surface area (Å²) in [5, 5.41) is 16.8. The van der Waals surface area contributed by atoms with Gasteiger partial charge in [-0.2, -0.15) is 4.98 Å². The minimum atomic E-state index is 0.162. The fraction of sp³-hybridized carbons (Fsp3) is 0.0667. The maximum atomic E-state index is 9.78. The molecule has 0 saturated heterocycles. The molecule has 0 atom stereocenters. The number of nitrogens with zero attached hydrogens (tertiary/aromatic N) is 2. The molecule has 2 aromatic carbocycles. The third-order valence-electron chi connectivity index (χ3n) is 2.99. The molecule has 0 aliphatic heterocycles. The lowest BCUT2D eigenvalue weighted by Gasteiger charge is -2.10. The van der Waals surface area contributed by atoms with Crippen molar-refractivity contribution in [2.24, 2.45) is 0 Å². The van der Waals surface area contributed by atoms with Crippen LogP contribution in [0.15, 0.2) is 48.5 Å². The van der Waals surface area contributed by atoms with Crippen LogP contribution in [0.25, 0.3) is 10.9 Å². The van der Waals surface area contributed by atoms with Crippen LogP contribution in [0.3, 0.4) is 0 Å². The molecule has 3 aromatic rings. The van der Waals surface area contributed by atoms with Crippen LogP contribution in [0.5, 0.6) is 5.75 Å². The van der Waals surface area contributed by atoms with Crippen molar-refractivity contribution in [2.75, 3.05) is 17.7 Å². The summed E-state index contributed by atoms with van der Waals surface area (Å²) in [5.41, 5.74) is 1.41. The summed E-state index contributed by atoms with van der Waals surface area (Å²) < 4.78 is 0. The van der Waals surface area contributed by atoms with E-state index in [1.54, 1.807) is 18.2 Å². The van der Waals surface area contributed by atoms with E-state index in [0.29, 0.717) is 11.6 Å². The lowest BCUT2D eigenvalue weighted by atomic mass is 10.2. The Morgan fingerprint density at radius 2 is 1.70 bits per heavy atom.